The van der Waals surface area contributed by atoms with E-state index in [4.69, 9.17) is 4.74 Å². The molecule has 27 heavy (non-hydrogen) atoms. The van der Waals surface area contributed by atoms with Crippen molar-refractivity contribution in [3.05, 3.63) is 71.8 Å². The maximum absolute atomic E-state index is 13.3. The summed E-state index contributed by atoms with van der Waals surface area (Å²) < 4.78 is 46.4. The molecule has 0 bridgehead atoms. The number of anilines is 1. The van der Waals surface area contributed by atoms with Crippen molar-refractivity contribution in [3.8, 4) is 11.4 Å². The number of hydrogen-bond donors (Lipinski definition) is 1. The minimum atomic E-state index is -1.08. The number of halogens is 3. The van der Waals surface area contributed by atoms with Gasteiger partial charge in [0.15, 0.2) is 23.1 Å². The van der Waals surface area contributed by atoms with Gasteiger partial charge in [-0.3, -0.25) is 4.79 Å². The maximum atomic E-state index is 13.3. The van der Waals surface area contributed by atoms with Crippen LogP contribution in [0, 0.1) is 17.5 Å². The molecule has 0 aliphatic heterocycles. The first kappa shape index (κ1) is 18.5. The highest BCUT2D eigenvalue weighted by atomic mass is 19.2. The van der Waals surface area contributed by atoms with Crippen LogP contribution in [-0.2, 0) is 0 Å². The molecule has 0 atom stereocenters. The Labute approximate surface area is 153 Å². The van der Waals surface area contributed by atoms with Crippen molar-refractivity contribution in [3.63, 3.8) is 0 Å². The summed E-state index contributed by atoms with van der Waals surface area (Å²) in [5.74, 6) is -2.91. The number of nitrogens with one attached hydrogen (secondary N) is 1. The highest BCUT2D eigenvalue weighted by molar-refractivity contribution is 6.04. The van der Waals surface area contributed by atoms with Crippen molar-refractivity contribution in [1.82, 2.24) is 9.78 Å². The fraction of sp³-hybridized carbons (Fsp3) is 0.158. The Morgan fingerprint density at radius 2 is 1.85 bits per heavy atom. The summed E-state index contributed by atoms with van der Waals surface area (Å²) in [6, 6.07) is 8.56. The Balaban J connectivity index is 1.90. The van der Waals surface area contributed by atoms with Crippen LogP contribution in [0.5, 0.6) is 5.75 Å². The molecule has 0 aliphatic carbocycles. The quantitative estimate of drug-likeness (QED) is 0.698. The minimum Gasteiger partial charge on any atom is -0.489 e. The van der Waals surface area contributed by atoms with Gasteiger partial charge in [-0.25, -0.2) is 17.9 Å². The first-order valence-electron chi connectivity index (χ1n) is 8.22. The van der Waals surface area contributed by atoms with Crippen molar-refractivity contribution in [2.24, 2.45) is 0 Å². The molecular weight excluding hydrogens is 359 g/mol. The van der Waals surface area contributed by atoms with E-state index >= 15 is 0 Å². The van der Waals surface area contributed by atoms with Gasteiger partial charge in [0.2, 0.25) is 0 Å². The third kappa shape index (κ3) is 4.28. The van der Waals surface area contributed by atoms with E-state index in [9.17, 15) is 18.0 Å². The lowest BCUT2D eigenvalue weighted by Crippen LogP contribution is -2.15. The van der Waals surface area contributed by atoms with Gasteiger partial charge < -0.3 is 10.1 Å². The van der Waals surface area contributed by atoms with Crippen LogP contribution < -0.4 is 10.1 Å². The number of benzene rings is 2. The van der Waals surface area contributed by atoms with Gasteiger partial charge in [-0.05, 0) is 42.8 Å². The lowest BCUT2D eigenvalue weighted by molar-refractivity contribution is 0.101. The number of amides is 1. The van der Waals surface area contributed by atoms with Crippen LogP contribution in [0.15, 0.2) is 48.7 Å². The van der Waals surface area contributed by atoms with Crippen LogP contribution in [0.2, 0.25) is 0 Å². The molecule has 1 amide bonds. The molecule has 0 aliphatic rings. The van der Waals surface area contributed by atoms with Gasteiger partial charge in [-0.1, -0.05) is 6.92 Å². The molecule has 5 nitrogen and oxygen atoms in total. The summed E-state index contributed by atoms with van der Waals surface area (Å²) in [6.45, 7) is 2.27. The zero-order valence-corrected chi connectivity index (χ0v) is 14.4. The van der Waals surface area contributed by atoms with E-state index in [0.29, 0.717) is 18.7 Å². The van der Waals surface area contributed by atoms with Crippen LogP contribution >= 0.6 is 0 Å². The van der Waals surface area contributed by atoms with E-state index in [1.165, 1.54) is 41.2 Å². The SMILES string of the molecule is CCCOc1cn(-c2ccc(F)cc2)nc1C(=O)Nc1ccc(F)c(F)c1. The molecule has 0 saturated heterocycles. The second kappa shape index (κ2) is 7.94. The van der Waals surface area contributed by atoms with E-state index in [0.717, 1.165) is 12.1 Å². The van der Waals surface area contributed by atoms with Crippen molar-refractivity contribution in [2.75, 3.05) is 11.9 Å². The molecule has 3 rings (SSSR count). The molecule has 0 radical (unpaired) electrons. The highest BCUT2D eigenvalue weighted by Gasteiger charge is 2.20. The summed E-state index contributed by atoms with van der Waals surface area (Å²) >= 11 is 0. The number of carbonyl (C=O) groups excluding carboxylic acids is 1. The fourth-order valence-electron chi connectivity index (χ4n) is 2.32. The molecule has 3 aromatic rings. The van der Waals surface area contributed by atoms with Crippen LogP contribution in [0.1, 0.15) is 23.8 Å². The lowest BCUT2D eigenvalue weighted by atomic mass is 10.3. The molecule has 1 heterocycles. The first-order chi connectivity index (χ1) is 13.0. The first-order valence-corrected chi connectivity index (χ1v) is 8.22. The van der Waals surface area contributed by atoms with E-state index in [1.807, 2.05) is 6.92 Å². The Hall–Kier alpha value is -3.29. The summed E-state index contributed by atoms with van der Waals surface area (Å²) in [6.07, 6.45) is 2.22. The van der Waals surface area contributed by atoms with Gasteiger partial charge in [0.25, 0.3) is 5.91 Å². The summed E-state index contributed by atoms with van der Waals surface area (Å²) in [5, 5.41) is 6.64. The van der Waals surface area contributed by atoms with E-state index in [1.54, 1.807) is 0 Å². The second-order valence-electron chi connectivity index (χ2n) is 5.69. The average molecular weight is 375 g/mol. The summed E-state index contributed by atoms with van der Waals surface area (Å²) in [5.41, 5.74) is 0.582. The fourth-order valence-corrected chi connectivity index (χ4v) is 2.32. The van der Waals surface area contributed by atoms with Gasteiger partial charge in [0, 0.05) is 11.8 Å². The van der Waals surface area contributed by atoms with E-state index in [2.05, 4.69) is 10.4 Å². The normalized spacial score (nSPS) is 10.7. The number of hydrogen-bond acceptors (Lipinski definition) is 3. The predicted octanol–water partition coefficient (Wildman–Crippen LogP) is 4.33. The molecule has 140 valence electrons. The van der Waals surface area contributed by atoms with Gasteiger partial charge in [-0.15, -0.1) is 0 Å². The molecule has 0 unspecified atom stereocenters. The Kier molecular flexibility index (Phi) is 5.44. The summed E-state index contributed by atoms with van der Waals surface area (Å²) in [7, 11) is 0. The smallest absolute Gasteiger partial charge is 0.280 e. The predicted molar refractivity (Wildman–Crippen MR) is 93.6 cm³/mol. The van der Waals surface area contributed by atoms with Crippen molar-refractivity contribution in [1.29, 1.82) is 0 Å². The molecule has 2 aromatic carbocycles. The van der Waals surface area contributed by atoms with Gasteiger partial charge in [-0.2, -0.15) is 5.10 Å². The molecule has 0 saturated carbocycles. The number of carbonyl (C=O) groups is 1. The lowest BCUT2D eigenvalue weighted by Gasteiger charge is -2.06. The van der Waals surface area contributed by atoms with Crippen molar-refractivity contribution in [2.45, 2.75) is 13.3 Å². The standard InChI is InChI=1S/C19H16F3N3O2/c1-2-9-27-17-11-25(14-6-3-12(20)4-7-14)24-18(17)19(26)23-13-5-8-15(21)16(22)10-13/h3-8,10-11H,2,9H2,1H3,(H,23,26). The average Bonchev–Trinajstić information content (AvgIpc) is 3.08. The molecule has 1 aromatic heterocycles. The molecule has 8 heteroatoms. The zero-order chi connectivity index (χ0) is 19.4. The monoisotopic (exact) mass is 375 g/mol. The zero-order valence-electron chi connectivity index (χ0n) is 14.4. The third-order valence-corrected chi connectivity index (χ3v) is 3.63. The van der Waals surface area contributed by atoms with E-state index in [-0.39, 0.29) is 17.1 Å². The number of aromatic nitrogens is 2. The molecule has 1 N–H and O–H groups in total. The number of rotatable bonds is 6. The second-order valence-corrected chi connectivity index (χ2v) is 5.69. The van der Waals surface area contributed by atoms with Crippen LogP contribution in [0.25, 0.3) is 5.69 Å². The largest absolute Gasteiger partial charge is 0.489 e. The van der Waals surface area contributed by atoms with Crippen LogP contribution in [0.3, 0.4) is 0 Å². The number of nitrogens with zero attached hydrogens (tertiary/aromatic N) is 2. The topological polar surface area (TPSA) is 56.2 Å². The van der Waals surface area contributed by atoms with Crippen LogP contribution in [0.4, 0.5) is 18.9 Å². The van der Waals surface area contributed by atoms with Gasteiger partial charge in [0.1, 0.15) is 5.82 Å². The maximum Gasteiger partial charge on any atom is 0.280 e. The Bertz CT molecular complexity index is 955. The van der Waals surface area contributed by atoms with Crippen molar-refractivity contribution < 1.29 is 22.7 Å². The van der Waals surface area contributed by atoms with E-state index < -0.39 is 23.4 Å². The van der Waals surface area contributed by atoms with Crippen molar-refractivity contribution >= 4 is 11.6 Å². The minimum absolute atomic E-state index is 0.0301. The molecular formula is C19H16F3N3O2. The Morgan fingerprint density at radius 1 is 1.11 bits per heavy atom. The molecule has 0 spiro atoms. The Morgan fingerprint density at radius 3 is 2.52 bits per heavy atom. The van der Waals surface area contributed by atoms with Crippen LogP contribution in [-0.4, -0.2) is 22.3 Å². The summed E-state index contributed by atoms with van der Waals surface area (Å²) in [4.78, 5) is 12.5. The number of ether oxygens (including phenoxy) is 1. The third-order valence-electron chi connectivity index (χ3n) is 3.63. The molecule has 0 fully saturated rings. The van der Waals surface area contributed by atoms with Gasteiger partial charge >= 0.3 is 0 Å². The highest BCUT2D eigenvalue weighted by Crippen LogP contribution is 2.22. The van der Waals surface area contributed by atoms with Gasteiger partial charge in [0.05, 0.1) is 18.5 Å².